The minimum absolute atomic E-state index is 0.247. The van der Waals surface area contributed by atoms with Gasteiger partial charge >= 0.3 is 0 Å². The average Bonchev–Trinajstić information content (AvgIpc) is 2.85. The maximum absolute atomic E-state index is 11.7. The highest BCUT2D eigenvalue weighted by Crippen LogP contribution is 2.28. The molecule has 0 bridgehead atoms. The number of hydrogen-bond donors (Lipinski definition) is 3. The molecule has 94 valence electrons. The molecule has 1 aromatic heterocycles. The van der Waals surface area contributed by atoms with Crippen molar-refractivity contribution in [1.29, 1.82) is 0 Å². The summed E-state index contributed by atoms with van der Waals surface area (Å²) >= 11 is 11.4. The third kappa shape index (κ3) is 2.94. The zero-order chi connectivity index (χ0) is 12.5. The van der Waals surface area contributed by atoms with Crippen molar-refractivity contribution in [2.24, 2.45) is 0 Å². The smallest absolute Gasteiger partial charge is 0.267 e. The summed E-state index contributed by atoms with van der Waals surface area (Å²) in [4.78, 5) is 14.4. The lowest BCUT2D eigenvalue weighted by Crippen LogP contribution is -2.40. The highest BCUT2D eigenvalue weighted by molar-refractivity contribution is 6.41. The molecule has 3 N–H and O–H groups in total. The molecule has 0 radical (unpaired) electrons. The minimum atomic E-state index is -0.754. The lowest BCUT2D eigenvalue weighted by Gasteiger charge is -2.22. The number of carbonyl (C=O) groups is 1. The first-order chi connectivity index (χ1) is 8.00. The van der Waals surface area contributed by atoms with E-state index in [2.05, 4.69) is 10.3 Å². The van der Waals surface area contributed by atoms with Gasteiger partial charge in [0.1, 0.15) is 10.8 Å². The highest BCUT2D eigenvalue weighted by atomic mass is 35.5. The van der Waals surface area contributed by atoms with E-state index in [0.717, 1.165) is 25.7 Å². The monoisotopic (exact) mass is 276 g/mol. The Morgan fingerprint density at radius 2 is 2.12 bits per heavy atom. The number of carbonyl (C=O) groups excluding carboxylic acids is 1. The molecule has 1 heterocycles. The van der Waals surface area contributed by atoms with Crippen LogP contribution in [0, 0.1) is 0 Å². The molecule has 1 aromatic rings. The molecule has 0 atom stereocenters. The van der Waals surface area contributed by atoms with E-state index in [4.69, 9.17) is 23.2 Å². The van der Waals surface area contributed by atoms with Gasteiger partial charge in [-0.05, 0) is 18.9 Å². The number of aromatic amines is 1. The van der Waals surface area contributed by atoms with E-state index in [9.17, 15) is 9.90 Å². The van der Waals surface area contributed by atoms with Crippen LogP contribution in [0.2, 0.25) is 10.2 Å². The molecule has 4 nitrogen and oxygen atoms in total. The van der Waals surface area contributed by atoms with Crippen LogP contribution in [0.5, 0.6) is 0 Å². The van der Waals surface area contributed by atoms with Crippen LogP contribution in [0.3, 0.4) is 0 Å². The normalized spacial score (nSPS) is 18.3. The molecule has 0 unspecified atom stereocenters. The van der Waals surface area contributed by atoms with Gasteiger partial charge in [-0.15, -0.1) is 0 Å². The van der Waals surface area contributed by atoms with Crippen LogP contribution in [0.4, 0.5) is 0 Å². The lowest BCUT2D eigenvalue weighted by molar-refractivity contribution is 0.0449. The van der Waals surface area contributed by atoms with E-state index >= 15 is 0 Å². The van der Waals surface area contributed by atoms with E-state index < -0.39 is 5.60 Å². The van der Waals surface area contributed by atoms with Crippen molar-refractivity contribution >= 4 is 29.1 Å². The van der Waals surface area contributed by atoms with Gasteiger partial charge in [0.2, 0.25) is 0 Å². The Hall–Kier alpha value is -0.710. The Morgan fingerprint density at radius 3 is 2.65 bits per heavy atom. The van der Waals surface area contributed by atoms with E-state index in [1.165, 1.54) is 6.07 Å². The van der Waals surface area contributed by atoms with Crippen molar-refractivity contribution < 1.29 is 9.90 Å². The summed E-state index contributed by atoms with van der Waals surface area (Å²) in [5.41, 5.74) is -0.447. The van der Waals surface area contributed by atoms with Crippen LogP contribution < -0.4 is 5.32 Å². The number of aromatic nitrogens is 1. The van der Waals surface area contributed by atoms with Gasteiger partial charge in [0.15, 0.2) is 0 Å². The molecule has 1 saturated carbocycles. The topological polar surface area (TPSA) is 65.1 Å². The number of amides is 1. The summed E-state index contributed by atoms with van der Waals surface area (Å²) in [6.45, 7) is 0.264. The fourth-order valence-corrected chi connectivity index (χ4v) is 2.39. The zero-order valence-electron chi connectivity index (χ0n) is 9.22. The molecule has 6 heteroatoms. The Labute approximate surface area is 109 Å². The van der Waals surface area contributed by atoms with Gasteiger partial charge in [0, 0.05) is 6.54 Å². The number of rotatable bonds is 3. The first kappa shape index (κ1) is 12.7. The molecular weight excluding hydrogens is 263 g/mol. The number of H-pyrrole nitrogens is 1. The molecule has 0 saturated heterocycles. The fraction of sp³-hybridized carbons (Fsp3) is 0.545. The Balaban J connectivity index is 1.93. The second-order valence-corrected chi connectivity index (χ2v) is 5.24. The molecule has 0 aromatic carbocycles. The SMILES string of the molecule is O=C(NCC1(O)CCCC1)c1cc(Cl)c(Cl)[nH]1. The van der Waals surface area contributed by atoms with Crippen molar-refractivity contribution in [3.8, 4) is 0 Å². The summed E-state index contributed by atoms with van der Waals surface area (Å²) in [5.74, 6) is -0.306. The van der Waals surface area contributed by atoms with E-state index in [0.29, 0.717) is 10.7 Å². The van der Waals surface area contributed by atoms with Crippen LogP contribution in [0.15, 0.2) is 6.07 Å². The highest BCUT2D eigenvalue weighted by Gasteiger charge is 2.31. The summed E-state index contributed by atoms with van der Waals surface area (Å²) in [7, 11) is 0. The molecular formula is C11H14Cl2N2O2. The van der Waals surface area contributed by atoms with Crippen LogP contribution >= 0.6 is 23.2 Å². The quantitative estimate of drug-likeness (QED) is 0.794. The first-order valence-electron chi connectivity index (χ1n) is 5.55. The molecule has 1 aliphatic carbocycles. The maximum Gasteiger partial charge on any atom is 0.267 e. The second kappa shape index (κ2) is 4.88. The third-order valence-corrected chi connectivity index (χ3v) is 3.77. The van der Waals surface area contributed by atoms with Crippen molar-refractivity contribution in [1.82, 2.24) is 10.3 Å². The Bertz CT molecular complexity index is 406. The number of halogens is 2. The summed E-state index contributed by atoms with van der Waals surface area (Å²) in [6, 6.07) is 1.47. The maximum atomic E-state index is 11.7. The predicted molar refractivity (Wildman–Crippen MR) is 66.6 cm³/mol. The Morgan fingerprint density at radius 1 is 1.47 bits per heavy atom. The molecule has 2 rings (SSSR count). The molecule has 0 spiro atoms. The number of nitrogens with one attached hydrogen (secondary N) is 2. The molecule has 0 aliphatic heterocycles. The predicted octanol–water partition coefficient (Wildman–Crippen LogP) is 2.36. The summed E-state index contributed by atoms with van der Waals surface area (Å²) < 4.78 is 0. The van der Waals surface area contributed by atoms with Gasteiger partial charge in [-0.3, -0.25) is 4.79 Å². The number of hydrogen-bond acceptors (Lipinski definition) is 2. The molecule has 17 heavy (non-hydrogen) atoms. The zero-order valence-corrected chi connectivity index (χ0v) is 10.7. The fourth-order valence-electron chi connectivity index (χ4n) is 2.08. The van der Waals surface area contributed by atoms with Crippen molar-refractivity contribution in [3.63, 3.8) is 0 Å². The van der Waals surface area contributed by atoms with Gasteiger partial charge in [-0.25, -0.2) is 0 Å². The largest absolute Gasteiger partial charge is 0.388 e. The van der Waals surface area contributed by atoms with E-state index in [1.54, 1.807) is 0 Å². The molecule has 1 aliphatic rings. The third-order valence-electron chi connectivity index (χ3n) is 3.08. The van der Waals surface area contributed by atoms with Gasteiger partial charge in [-0.2, -0.15) is 0 Å². The van der Waals surface area contributed by atoms with Gasteiger partial charge in [0.05, 0.1) is 10.6 Å². The van der Waals surface area contributed by atoms with Crippen molar-refractivity contribution in [2.75, 3.05) is 6.54 Å². The molecule has 1 amide bonds. The Kier molecular flexibility index (Phi) is 3.66. The van der Waals surface area contributed by atoms with E-state index in [1.807, 2.05) is 0 Å². The van der Waals surface area contributed by atoms with Crippen LogP contribution in [-0.2, 0) is 0 Å². The minimum Gasteiger partial charge on any atom is -0.388 e. The average molecular weight is 277 g/mol. The van der Waals surface area contributed by atoms with Crippen molar-refractivity contribution in [3.05, 3.63) is 21.9 Å². The van der Waals surface area contributed by atoms with Gasteiger partial charge in [-0.1, -0.05) is 36.0 Å². The van der Waals surface area contributed by atoms with E-state index in [-0.39, 0.29) is 17.6 Å². The van der Waals surface area contributed by atoms with Crippen LogP contribution in [0.1, 0.15) is 36.2 Å². The first-order valence-corrected chi connectivity index (χ1v) is 6.30. The number of aliphatic hydroxyl groups is 1. The lowest BCUT2D eigenvalue weighted by atomic mass is 10.0. The van der Waals surface area contributed by atoms with Crippen molar-refractivity contribution in [2.45, 2.75) is 31.3 Å². The summed E-state index contributed by atoms with van der Waals surface area (Å²) in [6.07, 6.45) is 3.48. The van der Waals surface area contributed by atoms with Crippen LogP contribution in [-0.4, -0.2) is 28.1 Å². The van der Waals surface area contributed by atoms with Crippen LogP contribution in [0.25, 0.3) is 0 Å². The standard InChI is InChI=1S/C11H14Cl2N2O2/c12-7-5-8(15-9(7)13)10(16)14-6-11(17)3-1-2-4-11/h5,15,17H,1-4,6H2,(H,14,16). The second-order valence-electron chi connectivity index (χ2n) is 4.46. The van der Waals surface area contributed by atoms with Gasteiger partial charge < -0.3 is 15.4 Å². The molecule has 1 fully saturated rings. The van der Waals surface area contributed by atoms with Gasteiger partial charge in [0.25, 0.3) is 5.91 Å². The summed E-state index contributed by atoms with van der Waals surface area (Å²) in [5, 5.41) is 13.3.